The van der Waals surface area contributed by atoms with Gasteiger partial charge in [-0.05, 0) is 25.2 Å². The fourth-order valence-electron chi connectivity index (χ4n) is 2.98. The van der Waals surface area contributed by atoms with Gasteiger partial charge in [0, 0.05) is 13.1 Å². The first kappa shape index (κ1) is 15.7. The van der Waals surface area contributed by atoms with Gasteiger partial charge in [-0.1, -0.05) is 26.7 Å². The summed E-state index contributed by atoms with van der Waals surface area (Å²) in [5.41, 5.74) is 2.96. The molecule has 5 nitrogen and oxygen atoms in total. The van der Waals surface area contributed by atoms with Gasteiger partial charge >= 0.3 is 0 Å². The molecule has 116 valence electrons. The van der Waals surface area contributed by atoms with Gasteiger partial charge in [-0.2, -0.15) is 0 Å². The highest BCUT2D eigenvalue weighted by atomic mass is 16.5. The zero-order valence-electron chi connectivity index (χ0n) is 12.8. The molecule has 0 spiro atoms. The standard InChI is InChI=1S/C15H28N2O3/c1-3-14(20-13-6-4-5-12(2)11-13)15(18)16-17-7-9-19-10-8-17/h12-14H,3-11H2,1-2H3,(H,16,18)/t12-,13-,14+/m1/s1. The zero-order chi connectivity index (χ0) is 14.4. The number of carbonyl (C=O) groups is 1. The Labute approximate surface area is 122 Å². The second kappa shape index (κ2) is 7.96. The van der Waals surface area contributed by atoms with Gasteiger partial charge in [0.25, 0.3) is 5.91 Å². The number of ether oxygens (including phenoxy) is 2. The molecule has 1 aliphatic heterocycles. The van der Waals surface area contributed by atoms with E-state index in [0.717, 1.165) is 32.4 Å². The van der Waals surface area contributed by atoms with E-state index in [1.54, 1.807) is 0 Å². The number of morpholine rings is 1. The van der Waals surface area contributed by atoms with E-state index in [1.165, 1.54) is 12.8 Å². The molecule has 5 heteroatoms. The van der Waals surface area contributed by atoms with Gasteiger partial charge < -0.3 is 9.47 Å². The lowest BCUT2D eigenvalue weighted by Crippen LogP contribution is -2.52. The van der Waals surface area contributed by atoms with Crippen molar-refractivity contribution in [3.63, 3.8) is 0 Å². The molecule has 1 amide bonds. The highest BCUT2D eigenvalue weighted by molar-refractivity contribution is 5.80. The topological polar surface area (TPSA) is 50.8 Å². The third kappa shape index (κ3) is 4.72. The number of amides is 1. The van der Waals surface area contributed by atoms with Crippen molar-refractivity contribution in [2.45, 2.75) is 58.2 Å². The lowest BCUT2D eigenvalue weighted by molar-refractivity contribution is -0.145. The lowest BCUT2D eigenvalue weighted by atomic mass is 9.88. The molecule has 1 aliphatic carbocycles. The monoisotopic (exact) mass is 284 g/mol. The molecule has 1 saturated carbocycles. The summed E-state index contributed by atoms with van der Waals surface area (Å²) in [5.74, 6) is 0.709. The van der Waals surface area contributed by atoms with Gasteiger partial charge in [-0.3, -0.25) is 10.2 Å². The minimum absolute atomic E-state index is 0.00683. The highest BCUT2D eigenvalue weighted by Gasteiger charge is 2.27. The molecule has 2 fully saturated rings. The Hall–Kier alpha value is -0.650. The second-order valence-electron chi connectivity index (χ2n) is 6.00. The SMILES string of the molecule is CC[C@H](O[C@@H]1CCC[C@@H](C)C1)C(=O)NN1CCOCC1. The number of nitrogens with one attached hydrogen (secondary N) is 1. The molecule has 1 heterocycles. The summed E-state index contributed by atoms with van der Waals surface area (Å²) < 4.78 is 11.3. The Morgan fingerprint density at radius 3 is 2.80 bits per heavy atom. The number of rotatable bonds is 5. The smallest absolute Gasteiger partial charge is 0.263 e. The third-order valence-electron chi connectivity index (χ3n) is 4.19. The fraction of sp³-hybridized carbons (Fsp3) is 0.933. The van der Waals surface area contributed by atoms with E-state index in [0.29, 0.717) is 19.1 Å². The van der Waals surface area contributed by atoms with Crippen LogP contribution in [-0.2, 0) is 14.3 Å². The maximum absolute atomic E-state index is 12.3. The molecule has 1 saturated heterocycles. The van der Waals surface area contributed by atoms with Crippen LogP contribution in [0, 0.1) is 5.92 Å². The number of hydrazine groups is 1. The van der Waals surface area contributed by atoms with Gasteiger partial charge in [-0.15, -0.1) is 0 Å². The molecule has 2 rings (SSSR count). The van der Waals surface area contributed by atoms with Crippen LogP contribution in [0.3, 0.4) is 0 Å². The predicted molar refractivity (Wildman–Crippen MR) is 77.1 cm³/mol. The maximum Gasteiger partial charge on any atom is 0.263 e. The molecule has 0 aromatic carbocycles. The summed E-state index contributed by atoms with van der Waals surface area (Å²) in [6.45, 7) is 7.14. The van der Waals surface area contributed by atoms with Crippen molar-refractivity contribution in [3.8, 4) is 0 Å². The van der Waals surface area contributed by atoms with Gasteiger partial charge in [0.05, 0.1) is 19.3 Å². The van der Waals surface area contributed by atoms with E-state index in [2.05, 4.69) is 12.3 Å². The molecular weight excluding hydrogens is 256 g/mol. The van der Waals surface area contributed by atoms with Crippen molar-refractivity contribution >= 4 is 5.91 Å². The summed E-state index contributed by atoms with van der Waals surface area (Å²) in [6.07, 6.45) is 5.32. The van der Waals surface area contributed by atoms with E-state index in [-0.39, 0.29) is 18.1 Å². The molecular formula is C15H28N2O3. The van der Waals surface area contributed by atoms with Crippen LogP contribution >= 0.6 is 0 Å². The summed E-state index contributed by atoms with van der Waals surface area (Å²) in [6, 6.07) is 0. The average molecular weight is 284 g/mol. The fourth-order valence-corrected chi connectivity index (χ4v) is 2.98. The Morgan fingerprint density at radius 2 is 2.15 bits per heavy atom. The van der Waals surface area contributed by atoms with E-state index < -0.39 is 0 Å². The van der Waals surface area contributed by atoms with E-state index in [1.807, 2.05) is 11.9 Å². The van der Waals surface area contributed by atoms with Crippen LogP contribution in [0.2, 0.25) is 0 Å². The highest BCUT2D eigenvalue weighted by Crippen LogP contribution is 2.26. The van der Waals surface area contributed by atoms with Gasteiger partial charge in [-0.25, -0.2) is 5.01 Å². The largest absolute Gasteiger partial charge is 0.379 e. The van der Waals surface area contributed by atoms with Crippen LogP contribution in [0.15, 0.2) is 0 Å². The Kier molecular flexibility index (Phi) is 6.26. The summed E-state index contributed by atoms with van der Waals surface area (Å²) in [7, 11) is 0. The summed E-state index contributed by atoms with van der Waals surface area (Å²) in [5, 5.41) is 1.93. The molecule has 0 unspecified atom stereocenters. The lowest BCUT2D eigenvalue weighted by Gasteiger charge is -2.32. The Balaban J connectivity index is 1.78. The van der Waals surface area contributed by atoms with E-state index in [9.17, 15) is 4.79 Å². The average Bonchev–Trinajstić information content (AvgIpc) is 2.46. The van der Waals surface area contributed by atoms with Crippen molar-refractivity contribution in [3.05, 3.63) is 0 Å². The molecule has 0 radical (unpaired) electrons. The normalized spacial score (nSPS) is 29.9. The van der Waals surface area contributed by atoms with Crippen molar-refractivity contribution < 1.29 is 14.3 Å². The van der Waals surface area contributed by atoms with Crippen molar-refractivity contribution in [2.75, 3.05) is 26.3 Å². The van der Waals surface area contributed by atoms with Gasteiger partial charge in [0.1, 0.15) is 6.10 Å². The van der Waals surface area contributed by atoms with Crippen LogP contribution in [-0.4, -0.2) is 49.4 Å². The molecule has 0 aromatic heterocycles. The number of carbonyl (C=O) groups excluding carboxylic acids is 1. The number of hydrogen-bond acceptors (Lipinski definition) is 4. The Bertz CT molecular complexity index is 305. The van der Waals surface area contributed by atoms with Crippen molar-refractivity contribution in [1.29, 1.82) is 0 Å². The minimum atomic E-state index is -0.326. The third-order valence-corrected chi connectivity index (χ3v) is 4.19. The van der Waals surface area contributed by atoms with Crippen LogP contribution in [0.4, 0.5) is 0 Å². The minimum Gasteiger partial charge on any atom is -0.379 e. The molecule has 3 atom stereocenters. The van der Waals surface area contributed by atoms with Crippen molar-refractivity contribution in [2.24, 2.45) is 5.92 Å². The molecule has 20 heavy (non-hydrogen) atoms. The summed E-state index contributed by atoms with van der Waals surface area (Å²) in [4.78, 5) is 12.3. The first-order valence-corrected chi connectivity index (χ1v) is 7.97. The first-order valence-electron chi connectivity index (χ1n) is 7.97. The Morgan fingerprint density at radius 1 is 1.40 bits per heavy atom. The summed E-state index contributed by atoms with van der Waals surface area (Å²) >= 11 is 0. The number of nitrogens with zero attached hydrogens (tertiary/aromatic N) is 1. The molecule has 0 aromatic rings. The van der Waals surface area contributed by atoms with Crippen LogP contribution < -0.4 is 5.43 Å². The number of hydrogen-bond donors (Lipinski definition) is 1. The van der Waals surface area contributed by atoms with Crippen LogP contribution in [0.5, 0.6) is 0 Å². The maximum atomic E-state index is 12.3. The van der Waals surface area contributed by atoms with Gasteiger partial charge in [0.15, 0.2) is 0 Å². The van der Waals surface area contributed by atoms with E-state index in [4.69, 9.17) is 9.47 Å². The molecule has 2 aliphatic rings. The van der Waals surface area contributed by atoms with Gasteiger partial charge in [0.2, 0.25) is 0 Å². The van der Waals surface area contributed by atoms with E-state index >= 15 is 0 Å². The quantitative estimate of drug-likeness (QED) is 0.835. The molecule has 1 N–H and O–H groups in total. The van der Waals surface area contributed by atoms with Crippen molar-refractivity contribution in [1.82, 2.24) is 10.4 Å². The molecule has 0 bridgehead atoms. The van der Waals surface area contributed by atoms with Crippen LogP contribution in [0.1, 0.15) is 46.0 Å². The first-order chi connectivity index (χ1) is 9.69. The second-order valence-corrected chi connectivity index (χ2v) is 6.00. The van der Waals surface area contributed by atoms with Crippen LogP contribution in [0.25, 0.3) is 0 Å². The zero-order valence-corrected chi connectivity index (χ0v) is 12.8. The predicted octanol–water partition coefficient (Wildman–Crippen LogP) is 1.72.